The summed E-state index contributed by atoms with van der Waals surface area (Å²) in [5.41, 5.74) is 7.15. The number of halogens is 3. The Kier molecular flexibility index (Phi) is 5.37. The van der Waals surface area contributed by atoms with Gasteiger partial charge in [0.05, 0.1) is 6.61 Å². The number of hydrogen-bond acceptors (Lipinski definition) is 3. The third-order valence-electron chi connectivity index (χ3n) is 2.42. The van der Waals surface area contributed by atoms with Crippen molar-refractivity contribution < 1.29 is 22.7 Å². The van der Waals surface area contributed by atoms with Crippen LogP contribution in [0.5, 0.6) is 0 Å². The number of rotatable bonds is 5. The van der Waals surface area contributed by atoms with Crippen molar-refractivity contribution in [1.82, 2.24) is 0 Å². The van der Waals surface area contributed by atoms with E-state index in [9.17, 15) is 18.0 Å². The van der Waals surface area contributed by atoms with Crippen molar-refractivity contribution in [3.8, 4) is 0 Å². The number of carbonyl (C=O) groups excluding carboxylic acids is 1. The summed E-state index contributed by atoms with van der Waals surface area (Å²) in [6, 6.07) is 2.68. The molecule has 0 aliphatic carbocycles. The molecule has 5 nitrogen and oxygen atoms in total. The summed E-state index contributed by atoms with van der Waals surface area (Å²) in [6.45, 7) is 2.16. The molecule has 0 N–H and O–H groups in total. The van der Waals surface area contributed by atoms with Crippen LogP contribution in [0.3, 0.4) is 0 Å². The third kappa shape index (κ3) is 4.54. The Hall–Kier alpha value is -2.47. The Morgan fingerprint density at radius 3 is 2.71 bits per heavy atom. The predicted octanol–water partition coefficient (Wildman–Crippen LogP) is 4.15. The van der Waals surface area contributed by atoms with E-state index in [1.807, 2.05) is 0 Å². The smallest absolute Gasteiger partial charge is 0.340 e. The van der Waals surface area contributed by atoms with Gasteiger partial charge in [-0.15, -0.1) is 0 Å². The maximum Gasteiger partial charge on any atom is 0.340 e. The minimum Gasteiger partial charge on any atom is -0.462 e. The van der Waals surface area contributed by atoms with Gasteiger partial charge in [-0.3, -0.25) is 0 Å². The molecular weight excluding hydrogens is 287 g/mol. The number of esters is 1. The summed E-state index contributed by atoms with van der Waals surface area (Å²) in [6.07, 6.45) is 0.934. The van der Waals surface area contributed by atoms with E-state index >= 15 is 0 Å². The highest BCUT2D eigenvalue weighted by Crippen LogP contribution is 2.31. The first kappa shape index (κ1) is 16.6. The van der Waals surface area contributed by atoms with Crippen LogP contribution < -0.4 is 0 Å². The average molecular weight is 299 g/mol. The molecule has 0 aliphatic rings. The normalized spacial score (nSPS) is 11.8. The van der Waals surface area contributed by atoms with Crippen LogP contribution in [-0.4, -0.2) is 12.6 Å². The number of alkyl halides is 2. The number of carbonyl (C=O) groups is 1. The number of azide groups is 1. The quantitative estimate of drug-likeness (QED) is 0.269. The van der Waals surface area contributed by atoms with Crippen LogP contribution in [0.4, 0.5) is 13.2 Å². The van der Waals surface area contributed by atoms with Gasteiger partial charge in [0, 0.05) is 17.4 Å². The molecule has 112 valence electrons. The number of hydrogen-bond donors (Lipinski definition) is 0. The highest BCUT2D eigenvalue weighted by molar-refractivity contribution is 5.93. The summed E-state index contributed by atoms with van der Waals surface area (Å²) >= 11 is 0. The molecule has 0 fully saturated rings. The molecule has 0 radical (unpaired) electrons. The highest BCUT2D eigenvalue weighted by atomic mass is 19.3. The van der Waals surface area contributed by atoms with Crippen molar-refractivity contribution in [3.63, 3.8) is 0 Å². The van der Waals surface area contributed by atoms with Crippen molar-refractivity contribution in [1.29, 1.82) is 0 Å². The van der Waals surface area contributed by atoms with Crippen LogP contribution >= 0.6 is 0 Å². The molecule has 0 unspecified atom stereocenters. The molecule has 21 heavy (non-hydrogen) atoms. The molecule has 0 atom stereocenters. The molecule has 0 bridgehead atoms. The van der Waals surface area contributed by atoms with E-state index < -0.39 is 29.0 Å². The van der Waals surface area contributed by atoms with Gasteiger partial charge >= 0.3 is 5.97 Å². The van der Waals surface area contributed by atoms with Crippen LogP contribution in [-0.2, 0) is 15.5 Å². The molecule has 0 saturated carbocycles. The topological polar surface area (TPSA) is 75.1 Å². The molecule has 0 heterocycles. The van der Waals surface area contributed by atoms with Crippen molar-refractivity contribution in [2.24, 2.45) is 5.11 Å². The van der Waals surface area contributed by atoms with E-state index in [-0.39, 0.29) is 12.2 Å². The number of nitrogens with zero attached hydrogens (tertiary/aromatic N) is 3. The van der Waals surface area contributed by atoms with Crippen LogP contribution in [0, 0.1) is 5.82 Å². The van der Waals surface area contributed by atoms with Gasteiger partial charge in [-0.2, -0.15) is 0 Å². The van der Waals surface area contributed by atoms with Crippen LogP contribution in [0.25, 0.3) is 16.5 Å². The highest BCUT2D eigenvalue weighted by Gasteiger charge is 2.28. The fourth-order valence-corrected chi connectivity index (χ4v) is 1.56. The maximum atomic E-state index is 13.5. The van der Waals surface area contributed by atoms with Gasteiger partial charge in [-0.1, -0.05) is 11.2 Å². The Bertz CT molecular complexity index is 618. The van der Waals surface area contributed by atoms with E-state index in [0.717, 1.165) is 18.2 Å². The van der Waals surface area contributed by atoms with E-state index in [4.69, 9.17) is 5.53 Å². The molecule has 1 aromatic carbocycles. The van der Waals surface area contributed by atoms with Crippen molar-refractivity contribution >= 4 is 12.0 Å². The lowest BCUT2D eigenvalue weighted by Gasteiger charge is -2.14. The summed E-state index contributed by atoms with van der Waals surface area (Å²) in [4.78, 5) is 14.0. The Balaban J connectivity index is 3.40. The van der Waals surface area contributed by atoms with E-state index in [2.05, 4.69) is 14.8 Å². The molecule has 0 amide bonds. The van der Waals surface area contributed by atoms with Crippen LogP contribution in [0.15, 0.2) is 29.0 Å². The zero-order valence-electron chi connectivity index (χ0n) is 11.3. The Labute approximate surface area is 118 Å². The monoisotopic (exact) mass is 299 g/mol. The Morgan fingerprint density at radius 1 is 1.52 bits per heavy atom. The largest absolute Gasteiger partial charge is 0.462 e. The lowest BCUT2D eigenvalue weighted by atomic mass is 10.0. The first-order chi connectivity index (χ1) is 9.79. The number of ether oxygens (including phenoxy) is 1. The van der Waals surface area contributed by atoms with Gasteiger partial charge in [-0.25, -0.2) is 18.0 Å². The zero-order chi connectivity index (χ0) is 16.0. The third-order valence-corrected chi connectivity index (χ3v) is 2.42. The molecule has 0 saturated heterocycles. The molecule has 8 heteroatoms. The van der Waals surface area contributed by atoms with Crippen LogP contribution in [0.2, 0.25) is 0 Å². The molecule has 0 spiro atoms. The van der Waals surface area contributed by atoms with Gasteiger partial charge in [-0.05, 0) is 36.2 Å². The lowest BCUT2D eigenvalue weighted by molar-refractivity contribution is -0.138. The molecule has 1 aromatic rings. The van der Waals surface area contributed by atoms with Crippen molar-refractivity contribution in [2.45, 2.75) is 19.8 Å². The molecule has 1 rings (SSSR count). The van der Waals surface area contributed by atoms with Crippen molar-refractivity contribution in [3.05, 3.63) is 51.3 Å². The summed E-state index contributed by atoms with van der Waals surface area (Å²) in [5.74, 6) is -5.13. The predicted molar refractivity (Wildman–Crippen MR) is 69.7 cm³/mol. The molecule has 0 aromatic heterocycles. The van der Waals surface area contributed by atoms with Gasteiger partial charge in [0.15, 0.2) is 0 Å². The standard InChI is InChI=1S/C13H12F3N3O2/c1-3-21-12(20)11(18-19-17)6-8-4-5-9(14)7-10(8)13(2,15)16/h4-7H,3H2,1-2H3/b11-6+. The van der Waals surface area contributed by atoms with Gasteiger partial charge in [0.1, 0.15) is 11.5 Å². The van der Waals surface area contributed by atoms with E-state index in [0.29, 0.717) is 13.0 Å². The summed E-state index contributed by atoms with van der Waals surface area (Å²) < 4.78 is 44.7. The fourth-order valence-electron chi connectivity index (χ4n) is 1.56. The zero-order valence-corrected chi connectivity index (χ0v) is 11.3. The van der Waals surface area contributed by atoms with Crippen molar-refractivity contribution in [2.75, 3.05) is 6.61 Å². The first-order valence-electron chi connectivity index (χ1n) is 5.91. The molecular formula is C13H12F3N3O2. The number of benzene rings is 1. The maximum absolute atomic E-state index is 13.5. The first-order valence-corrected chi connectivity index (χ1v) is 5.91. The van der Waals surface area contributed by atoms with Crippen LogP contribution in [0.1, 0.15) is 25.0 Å². The minimum atomic E-state index is -3.33. The second-order valence-corrected chi connectivity index (χ2v) is 4.06. The lowest BCUT2D eigenvalue weighted by Crippen LogP contribution is -2.11. The summed E-state index contributed by atoms with van der Waals surface area (Å²) in [5, 5.41) is 3.11. The van der Waals surface area contributed by atoms with E-state index in [1.54, 1.807) is 0 Å². The fraction of sp³-hybridized carbons (Fsp3) is 0.308. The second-order valence-electron chi connectivity index (χ2n) is 4.06. The Morgan fingerprint density at radius 2 is 2.19 bits per heavy atom. The summed E-state index contributed by atoms with van der Waals surface area (Å²) in [7, 11) is 0. The van der Waals surface area contributed by atoms with Gasteiger partial charge in [0.2, 0.25) is 0 Å². The van der Waals surface area contributed by atoms with E-state index in [1.165, 1.54) is 6.92 Å². The average Bonchev–Trinajstić information content (AvgIpc) is 2.39. The second kappa shape index (κ2) is 6.81. The minimum absolute atomic E-state index is 0.0251. The molecule has 0 aliphatic heterocycles. The van der Waals surface area contributed by atoms with Gasteiger partial charge < -0.3 is 4.74 Å². The van der Waals surface area contributed by atoms with Gasteiger partial charge in [0.25, 0.3) is 5.92 Å². The SMILES string of the molecule is CCOC(=O)/C(=C\c1ccc(F)cc1C(C)(F)F)N=[N+]=[N-].